The van der Waals surface area contributed by atoms with Crippen LogP contribution in [0.3, 0.4) is 0 Å². The second-order valence-electron chi connectivity index (χ2n) is 10.3. The van der Waals surface area contributed by atoms with E-state index in [1.165, 1.54) is 11.3 Å². The molecule has 1 fully saturated rings. The summed E-state index contributed by atoms with van der Waals surface area (Å²) in [6, 6.07) is 12.4. The van der Waals surface area contributed by atoms with E-state index in [9.17, 15) is 14.4 Å². The first-order valence-corrected chi connectivity index (χ1v) is 13.2. The molecular formula is C28H33N3O5S. The summed E-state index contributed by atoms with van der Waals surface area (Å²) in [7, 11) is 1.63. The molecule has 37 heavy (non-hydrogen) atoms. The Balaban J connectivity index is 1.50. The quantitative estimate of drug-likeness (QED) is 0.411. The molecule has 1 saturated heterocycles. The van der Waals surface area contributed by atoms with Crippen molar-refractivity contribution in [1.82, 2.24) is 15.2 Å². The van der Waals surface area contributed by atoms with Crippen LogP contribution in [0.1, 0.15) is 54.5 Å². The fourth-order valence-corrected chi connectivity index (χ4v) is 5.41. The van der Waals surface area contributed by atoms with Crippen LogP contribution in [0.15, 0.2) is 42.5 Å². The molecule has 0 aliphatic carbocycles. The smallest absolute Gasteiger partial charge is 0.408 e. The SMILES string of the molecule is COc1ccc(CN2CCC(CC(NC(=O)OC(C)(C)C)C(=O)c3nc4ccccc4s3)C2=O)c(C)c1. The summed E-state index contributed by atoms with van der Waals surface area (Å²) >= 11 is 1.28. The first-order valence-electron chi connectivity index (χ1n) is 12.4. The molecule has 196 valence electrons. The second kappa shape index (κ2) is 10.9. The minimum atomic E-state index is -0.924. The number of Topliss-reactive ketones (excluding diaryl/α,β-unsaturated/α-hetero) is 1. The maximum Gasteiger partial charge on any atom is 0.408 e. The standard InChI is InChI=1S/C28H33N3O5S/c1-17-14-20(35-5)11-10-19(17)16-31-13-12-18(26(31)33)15-22(30-27(34)36-28(2,3)4)24(32)25-29-21-8-6-7-9-23(21)37-25/h6-11,14,18,22H,12-13,15-16H2,1-5H3,(H,30,34). The number of nitrogens with zero attached hydrogens (tertiary/aromatic N) is 2. The minimum absolute atomic E-state index is 0.0247. The Kier molecular flexibility index (Phi) is 7.82. The molecule has 2 amide bonds. The number of para-hydroxylation sites is 1. The molecule has 2 unspecified atom stereocenters. The fraction of sp³-hybridized carbons (Fsp3) is 0.429. The predicted molar refractivity (Wildman–Crippen MR) is 143 cm³/mol. The molecule has 1 aliphatic heterocycles. The Labute approximate surface area is 221 Å². The van der Waals surface area contributed by atoms with Crippen molar-refractivity contribution in [3.05, 3.63) is 58.6 Å². The number of carbonyl (C=O) groups excluding carboxylic acids is 3. The van der Waals surface area contributed by atoms with Crippen molar-refractivity contribution >= 4 is 39.3 Å². The monoisotopic (exact) mass is 523 g/mol. The number of ether oxygens (including phenoxy) is 2. The van der Waals surface area contributed by atoms with Crippen LogP contribution in [-0.4, -0.2) is 53.0 Å². The zero-order valence-corrected chi connectivity index (χ0v) is 22.7. The van der Waals surface area contributed by atoms with Crippen molar-refractivity contribution in [3.63, 3.8) is 0 Å². The summed E-state index contributed by atoms with van der Waals surface area (Å²) in [4.78, 5) is 45.8. The van der Waals surface area contributed by atoms with Gasteiger partial charge in [-0.15, -0.1) is 11.3 Å². The van der Waals surface area contributed by atoms with E-state index in [2.05, 4.69) is 10.3 Å². The maximum atomic E-state index is 13.5. The fourth-order valence-electron chi connectivity index (χ4n) is 4.45. The van der Waals surface area contributed by atoms with Crippen molar-refractivity contribution in [2.24, 2.45) is 5.92 Å². The largest absolute Gasteiger partial charge is 0.497 e. The van der Waals surface area contributed by atoms with Gasteiger partial charge in [0, 0.05) is 19.0 Å². The van der Waals surface area contributed by atoms with Crippen LogP contribution >= 0.6 is 11.3 Å². The van der Waals surface area contributed by atoms with Crippen molar-refractivity contribution in [2.45, 2.75) is 58.7 Å². The number of hydrogen-bond donors (Lipinski definition) is 1. The summed E-state index contributed by atoms with van der Waals surface area (Å²) in [5.74, 6) is 0.0423. The molecule has 4 rings (SSSR count). The molecule has 3 aromatic rings. The first-order chi connectivity index (χ1) is 17.5. The van der Waals surface area contributed by atoms with Crippen molar-refractivity contribution in [3.8, 4) is 5.75 Å². The van der Waals surface area contributed by atoms with Crippen LogP contribution in [0.2, 0.25) is 0 Å². The third-order valence-corrected chi connectivity index (χ3v) is 7.40. The molecule has 8 nitrogen and oxygen atoms in total. The van der Waals surface area contributed by atoms with Gasteiger partial charge in [0.15, 0.2) is 5.01 Å². The summed E-state index contributed by atoms with van der Waals surface area (Å²) < 4.78 is 11.6. The lowest BCUT2D eigenvalue weighted by molar-refractivity contribution is -0.131. The number of methoxy groups -OCH3 is 1. The van der Waals surface area contributed by atoms with Crippen LogP contribution in [0, 0.1) is 12.8 Å². The van der Waals surface area contributed by atoms with E-state index in [1.807, 2.05) is 54.3 Å². The Bertz CT molecular complexity index is 1280. The molecule has 9 heteroatoms. The molecule has 1 aliphatic rings. The van der Waals surface area contributed by atoms with Crippen LogP contribution in [0.25, 0.3) is 10.2 Å². The lowest BCUT2D eigenvalue weighted by Gasteiger charge is -2.24. The lowest BCUT2D eigenvalue weighted by Crippen LogP contribution is -2.45. The van der Waals surface area contributed by atoms with E-state index in [0.29, 0.717) is 24.5 Å². The Morgan fingerprint density at radius 2 is 1.97 bits per heavy atom. The Hall–Kier alpha value is -3.46. The number of ketones is 1. The Morgan fingerprint density at radius 3 is 2.65 bits per heavy atom. The van der Waals surface area contributed by atoms with Crippen LogP contribution in [-0.2, 0) is 16.1 Å². The van der Waals surface area contributed by atoms with Gasteiger partial charge in [-0.05, 0) is 75.9 Å². The van der Waals surface area contributed by atoms with Gasteiger partial charge in [-0.25, -0.2) is 9.78 Å². The van der Waals surface area contributed by atoms with Gasteiger partial charge >= 0.3 is 6.09 Å². The molecule has 0 radical (unpaired) electrons. The number of aromatic nitrogens is 1. The highest BCUT2D eigenvalue weighted by molar-refractivity contribution is 7.20. The normalized spacial score (nSPS) is 16.6. The highest BCUT2D eigenvalue weighted by Crippen LogP contribution is 2.29. The van der Waals surface area contributed by atoms with E-state index in [0.717, 1.165) is 27.1 Å². The summed E-state index contributed by atoms with van der Waals surface area (Å²) in [5.41, 5.74) is 2.10. The predicted octanol–water partition coefficient (Wildman–Crippen LogP) is 5.13. The van der Waals surface area contributed by atoms with Gasteiger partial charge in [0.05, 0.1) is 23.4 Å². The maximum absolute atomic E-state index is 13.5. The van der Waals surface area contributed by atoms with Crippen molar-refractivity contribution in [2.75, 3.05) is 13.7 Å². The average molecular weight is 524 g/mol. The number of likely N-dealkylation sites (tertiary alicyclic amines) is 1. The van der Waals surface area contributed by atoms with E-state index < -0.39 is 23.7 Å². The van der Waals surface area contributed by atoms with Gasteiger partial charge < -0.3 is 19.7 Å². The van der Waals surface area contributed by atoms with E-state index >= 15 is 0 Å². The van der Waals surface area contributed by atoms with Gasteiger partial charge in [-0.3, -0.25) is 9.59 Å². The third-order valence-electron chi connectivity index (χ3n) is 6.35. The highest BCUT2D eigenvalue weighted by atomic mass is 32.1. The van der Waals surface area contributed by atoms with Gasteiger partial charge in [0.25, 0.3) is 0 Å². The number of carbonyl (C=O) groups is 3. The van der Waals surface area contributed by atoms with Gasteiger partial charge in [0.2, 0.25) is 11.7 Å². The summed E-state index contributed by atoms with van der Waals surface area (Å²) in [6.45, 7) is 8.35. The summed E-state index contributed by atoms with van der Waals surface area (Å²) in [6.07, 6.45) is 0.0987. The lowest BCUT2D eigenvalue weighted by atomic mass is 9.96. The molecule has 2 atom stereocenters. The van der Waals surface area contributed by atoms with Crippen LogP contribution in [0.5, 0.6) is 5.75 Å². The van der Waals surface area contributed by atoms with E-state index in [1.54, 1.807) is 27.9 Å². The van der Waals surface area contributed by atoms with E-state index in [4.69, 9.17) is 9.47 Å². The molecule has 2 heterocycles. The number of nitrogens with one attached hydrogen (secondary N) is 1. The van der Waals surface area contributed by atoms with Gasteiger partial charge in [-0.2, -0.15) is 0 Å². The number of aryl methyl sites for hydroxylation is 1. The van der Waals surface area contributed by atoms with Crippen LogP contribution in [0.4, 0.5) is 4.79 Å². The van der Waals surface area contributed by atoms with Crippen molar-refractivity contribution in [1.29, 1.82) is 0 Å². The number of thiazole rings is 1. The molecule has 0 bridgehead atoms. The highest BCUT2D eigenvalue weighted by Gasteiger charge is 2.37. The number of alkyl carbamates (subject to hydrolysis) is 1. The number of amides is 2. The molecular weight excluding hydrogens is 490 g/mol. The zero-order valence-electron chi connectivity index (χ0n) is 21.9. The molecule has 0 spiro atoms. The molecule has 1 aromatic heterocycles. The minimum Gasteiger partial charge on any atom is -0.497 e. The van der Waals surface area contributed by atoms with Crippen LogP contribution < -0.4 is 10.1 Å². The number of fused-ring (bicyclic) bond motifs is 1. The Morgan fingerprint density at radius 1 is 1.22 bits per heavy atom. The third kappa shape index (κ3) is 6.46. The van der Waals surface area contributed by atoms with Gasteiger partial charge in [-0.1, -0.05) is 18.2 Å². The average Bonchev–Trinajstić information content (AvgIpc) is 3.42. The number of hydrogen-bond acceptors (Lipinski definition) is 7. The zero-order chi connectivity index (χ0) is 26.7. The topological polar surface area (TPSA) is 97.8 Å². The van der Waals surface area contributed by atoms with Crippen molar-refractivity contribution < 1.29 is 23.9 Å². The number of benzene rings is 2. The molecule has 2 aromatic carbocycles. The van der Waals surface area contributed by atoms with Gasteiger partial charge in [0.1, 0.15) is 11.4 Å². The first kappa shape index (κ1) is 26.6. The molecule has 0 saturated carbocycles. The summed E-state index contributed by atoms with van der Waals surface area (Å²) in [5, 5.41) is 3.03. The molecule has 1 N–H and O–H groups in total. The number of rotatable bonds is 8. The second-order valence-corrected chi connectivity index (χ2v) is 11.4. The van der Waals surface area contributed by atoms with E-state index in [-0.39, 0.29) is 18.1 Å².